The number of carbonyl (C=O) groups is 1. The Morgan fingerprint density at radius 2 is 2.05 bits per heavy atom. The molecule has 0 atom stereocenters. The van der Waals surface area contributed by atoms with Crippen molar-refractivity contribution < 1.29 is 9.53 Å². The van der Waals surface area contributed by atoms with Crippen molar-refractivity contribution in [1.29, 1.82) is 0 Å². The number of carbonyl (C=O) groups excluding carboxylic acids is 1. The Labute approximate surface area is 114 Å². The van der Waals surface area contributed by atoms with Gasteiger partial charge in [0, 0.05) is 24.7 Å². The number of benzene rings is 1. The van der Waals surface area contributed by atoms with Crippen molar-refractivity contribution >= 4 is 11.6 Å². The Hall–Kier alpha value is -1.55. The van der Waals surface area contributed by atoms with Crippen LogP contribution >= 0.6 is 0 Å². The van der Waals surface area contributed by atoms with E-state index in [9.17, 15) is 4.79 Å². The van der Waals surface area contributed by atoms with Crippen LogP contribution in [0.5, 0.6) is 5.75 Å². The van der Waals surface area contributed by atoms with Crippen LogP contribution in [0.2, 0.25) is 0 Å². The number of hydrogen-bond acceptors (Lipinski definition) is 3. The molecule has 0 aromatic heterocycles. The van der Waals surface area contributed by atoms with Gasteiger partial charge in [-0.1, -0.05) is 0 Å². The maximum Gasteiger partial charge on any atom is 0.225 e. The number of methoxy groups -OCH3 is 1. The quantitative estimate of drug-likeness (QED) is 0.827. The van der Waals surface area contributed by atoms with Crippen molar-refractivity contribution in [2.45, 2.75) is 39.2 Å². The molecule has 0 aliphatic heterocycles. The average molecular weight is 262 g/mol. The normalized spacial score (nSPS) is 14.3. The minimum atomic E-state index is 0.0563. The van der Waals surface area contributed by atoms with Gasteiger partial charge in [0.25, 0.3) is 0 Å². The fraction of sp³-hybridized carbons (Fsp3) is 0.533. The third kappa shape index (κ3) is 3.70. The second-order valence-electron chi connectivity index (χ2n) is 5.09. The van der Waals surface area contributed by atoms with E-state index in [2.05, 4.69) is 10.6 Å². The van der Waals surface area contributed by atoms with Crippen LogP contribution in [0.3, 0.4) is 0 Å². The molecule has 1 amide bonds. The summed E-state index contributed by atoms with van der Waals surface area (Å²) in [6.07, 6.45) is 3.01. The van der Waals surface area contributed by atoms with Crippen LogP contribution in [-0.4, -0.2) is 25.6 Å². The van der Waals surface area contributed by atoms with E-state index in [1.165, 1.54) is 12.8 Å². The molecule has 104 valence electrons. The van der Waals surface area contributed by atoms with Gasteiger partial charge in [-0.15, -0.1) is 0 Å². The molecular formula is C15H22N2O2. The first-order valence-corrected chi connectivity index (χ1v) is 6.79. The van der Waals surface area contributed by atoms with E-state index in [1.807, 2.05) is 26.0 Å². The Morgan fingerprint density at radius 3 is 2.68 bits per heavy atom. The third-order valence-corrected chi connectivity index (χ3v) is 3.59. The van der Waals surface area contributed by atoms with Gasteiger partial charge in [-0.05, 0) is 49.9 Å². The molecule has 2 rings (SSSR count). The zero-order valence-electron chi connectivity index (χ0n) is 11.9. The Morgan fingerprint density at radius 1 is 1.32 bits per heavy atom. The van der Waals surface area contributed by atoms with Gasteiger partial charge in [-0.3, -0.25) is 4.79 Å². The van der Waals surface area contributed by atoms with Gasteiger partial charge < -0.3 is 15.4 Å². The molecule has 1 aliphatic rings. The number of ether oxygens (including phenoxy) is 1. The molecule has 0 spiro atoms. The molecule has 19 heavy (non-hydrogen) atoms. The maximum absolute atomic E-state index is 11.8. The molecule has 0 saturated heterocycles. The van der Waals surface area contributed by atoms with Crippen molar-refractivity contribution in [2.75, 3.05) is 19.0 Å². The molecule has 4 nitrogen and oxygen atoms in total. The van der Waals surface area contributed by atoms with Crippen LogP contribution in [-0.2, 0) is 4.79 Å². The van der Waals surface area contributed by atoms with E-state index in [0.717, 1.165) is 29.1 Å². The summed E-state index contributed by atoms with van der Waals surface area (Å²) < 4.78 is 5.26. The smallest absolute Gasteiger partial charge is 0.225 e. The molecule has 1 aromatic carbocycles. The molecule has 1 aliphatic carbocycles. The fourth-order valence-corrected chi connectivity index (χ4v) is 2.04. The van der Waals surface area contributed by atoms with Crippen LogP contribution < -0.4 is 15.4 Å². The summed E-state index contributed by atoms with van der Waals surface area (Å²) in [4.78, 5) is 11.8. The van der Waals surface area contributed by atoms with E-state index in [4.69, 9.17) is 4.74 Å². The highest BCUT2D eigenvalue weighted by molar-refractivity contribution is 5.92. The van der Waals surface area contributed by atoms with Gasteiger partial charge in [0.1, 0.15) is 5.75 Å². The van der Waals surface area contributed by atoms with Crippen LogP contribution in [0.1, 0.15) is 30.4 Å². The first-order valence-electron chi connectivity index (χ1n) is 6.79. The highest BCUT2D eigenvalue weighted by atomic mass is 16.5. The second-order valence-corrected chi connectivity index (χ2v) is 5.09. The molecule has 2 N–H and O–H groups in total. The molecule has 4 heteroatoms. The number of amides is 1. The Balaban J connectivity index is 1.90. The van der Waals surface area contributed by atoms with E-state index < -0.39 is 0 Å². The average Bonchev–Trinajstić information content (AvgIpc) is 3.19. The molecule has 0 unspecified atom stereocenters. The molecular weight excluding hydrogens is 240 g/mol. The lowest BCUT2D eigenvalue weighted by Gasteiger charge is -2.13. The molecule has 1 fully saturated rings. The van der Waals surface area contributed by atoms with Gasteiger partial charge >= 0.3 is 0 Å². The highest BCUT2D eigenvalue weighted by Crippen LogP contribution is 2.27. The minimum absolute atomic E-state index is 0.0563. The zero-order valence-corrected chi connectivity index (χ0v) is 11.9. The SMILES string of the molecule is COc1ccc(NC(=O)CCNC2CC2)c(C)c1C. The molecule has 1 aromatic rings. The van der Waals surface area contributed by atoms with Crippen molar-refractivity contribution in [3.05, 3.63) is 23.3 Å². The van der Waals surface area contributed by atoms with Gasteiger partial charge in [0.05, 0.1) is 7.11 Å². The van der Waals surface area contributed by atoms with Crippen LogP contribution in [0.25, 0.3) is 0 Å². The number of nitrogens with one attached hydrogen (secondary N) is 2. The number of hydrogen-bond donors (Lipinski definition) is 2. The topological polar surface area (TPSA) is 50.4 Å². The van der Waals surface area contributed by atoms with Gasteiger partial charge in [-0.25, -0.2) is 0 Å². The van der Waals surface area contributed by atoms with E-state index in [0.29, 0.717) is 12.5 Å². The van der Waals surface area contributed by atoms with Crippen LogP contribution in [0, 0.1) is 13.8 Å². The summed E-state index contributed by atoms with van der Waals surface area (Å²) in [5, 5.41) is 6.30. The molecule has 0 bridgehead atoms. The lowest BCUT2D eigenvalue weighted by molar-refractivity contribution is -0.116. The first-order chi connectivity index (χ1) is 9.11. The van der Waals surface area contributed by atoms with Crippen molar-refractivity contribution in [2.24, 2.45) is 0 Å². The van der Waals surface area contributed by atoms with E-state index >= 15 is 0 Å². The summed E-state index contributed by atoms with van der Waals surface area (Å²) in [6, 6.07) is 4.44. The fourth-order valence-electron chi connectivity index (χ4n) is 2.04. The Kier molecular flexibility index (Phi) is 4.43. The summed E-state index contributed by atoms with van der Waals surface area (Å²) in [5.41, 5.74) is 2.99. The minimum Gasteiger partial charge on any atom is -0.496 e. The first kappa shape index (κ1) is 13.9. The second kappa shape index (κ2) is 6.06. The summed E-state index contributed by atoms with van der Waals surface area (Å²) >= 11 is 0. The molecule has 0 heterocycles. The monoisotopic (exact) mass is 262 g/mol. The summed E-state index contributed by atoms with van der Waals surface area (Å²) in [6.45, 7) is 4.75. The van der Waals surface area contributed by atoms with Gasteiger partial charge in [0.15, 0.2) is 0 Å². The maximum atomic E-state index is 11.8. The highest BCUT2D eigenvalue weighted by Gasteiger charge is 2.20. The van der Waals surface area contributed by atoms with Crippen molar-refractivity contribution in [3.8, 4) is 5.75 Å². The van der Waals surface area contributed by atoms with E-state index in [-0.39, 0.29) is 5.91 Å². The molecule has 0 radical (unpaired) electrons. The predicted octanol–water partition coefficient (Wildman–Crippen LogP) is 2.39. The largest absolute Gasteiger partial charge is 0.496 e. The lowest BCUT2D eigenvalue weighted by atomic mass is 10.1. The summed E-state index contributed by atoms with van der Waals surface area (Å²) in [7, 11) is 1.66. The Bertz CT molecular complexity index is 467. The summed E-state index contributed by atoms with van der Waals surface area (Å²) in [5.74, 6) is 0.909. The van der Waals surface area contributed by atoms with Crippen molar-refractivity contribution in [3.63, 3.8) is 0 Å². The van der Waals surface area contributed by atoms with E-state index in [1.54, 1.807) is 7.11 Å². The third-order valence-electron chi connectivity index (χ3n) is 3.59. The number of rotatable bonds is 6. The van der Waals surface area contributed by atoms with Crippen LogP contribution in [0.4, 0.5) is 5.69 Å². The lowest BCUT2D eigenvalue weighted by Crippen LogP contribution is -2.23. The zero-order chi connectivity index (χ0) is 13.8. The van der Waals surface area contributed by atoms with Crippen LogP contribution in [0.15, 0.2) is 12.1 Å². The van der Waals surface area contributed by atoms with Crippen molar-refractivity contribution in [1.82, 2.24) is 5.32 Å². The van der Waals surface area contributed by atoms with Gasteiger partial charge in [-0.2, -0.15) is 0 Å². The number of anilines is 1. The predicted molar refractivity (Wildman–Crippen MR) is 76.7 cm³/mol. The molecule has 1 saturated carbocycles. The standard InChI is InChI=1S/C15H22N2O2/c1-10-11(2)14(19-3)7-6-13(10)17-15(18)8-9-16-12-4-5-12/h6-7,12,16H,4-5,8-9H2,1-3H3,(H,17,18). The van der Waals surface area contributed by atoms with Gasteiger partial charge in [0.2, 0.25) is 5.91 Å².